The zero-order valence-electron chi connectivity index (χ0n) is 16.7. The third kappa shape index (κ3) is 3.99. The number of hydrogen-bond acceptors (Lipinski definition) is 3. The number of carbonyl (C=O) groups excluding carboxylic acids is 1. The standard InChI is InChI=1S/C23H26F2N2O2/c1-15-7-3-5-9-19(15)22-20-14-26(12-18(20)13-27(22)16(2)28)11-17-8-4-6-10-21(17)29-23(24)25/h3-10,18,20,22-23H,11-14H2,1-2H3/t18-,20-,22-/m1/s1. The lowest BCUT2D eigenvalue weighted by atomic mass is 9.87. The number of benzene rings is 2. The number of alkyl halides is 2. The highest BCUT2D eigenvalue weighted by atomic mass is 19.3. The van der Waals surface area contributed by atoms with E-state index < -0.39 is 6.61 Å². The van der Waals surface area contributed by atoms with Crippen molar-refractivity contribution < 1.29 is 18.3 Å². The minimum absolute atomic E-state index is 0.0660. The monoisotopic (exact) mass is 400 g/mol. The van der Waals surface area contributed by atoms with Crippen molar-refractivity contribution in [3.63, 3.8) is 0 Å². The van der Waals surface area contributed by atoms with Gasteiger partial charge in [0.25, 0.3) is 0 Å². The highest BCUT2D eigenvalue weighted by molar-refractivity contribution is 5.74. The van der Waals surface area contributed by atoms with Crippen molar-refractivity contribution in [2.75, 3.05) is 19.6 Å². The van der Waals surface area contributed by atoms with Crippen molar-refractivity contribution in [2.24, 2.45) is 11.8 Å². The summed E-state index contributed by atoms with van der Waals surface area (Å²) < 4.78 is 30.1. The molecule has 0 N–H and O–H groups in total. The fourth-order valence-electron chi connectivity index (χ4n) is 4.99. The largest absolute Gasteiger partial charge is 0.434 e. The molecule has 0 radical (unpaired) electrons. The Hall–Kier alpha value is -2.47. The Morgan fingerprint density at radius 3 is 2.55 bits per heavy atom. The second-order valence-corrected chi connectivity index (χ2v) is 8.08. The first-order chi connectivity index (χ1) is 13.9. The third-order valence-electron chi connectivity index (χ3n) is 6.23. The number of amides is 1. The molecule has 2 fully saturated rings. The minimum atomic E-state index is -2.83. The summed E-state index contributed by atoms with van der Waals surface area (Å²) in [6.45, 7) is 3.88. The highest BCUT2D eigenvalue weighted by Gasteiger charge is 2.48. The van der Waals surface area contributed by atoms with Gasteiger partial charge in [-0.2, -0.15) is 8.78 Å². The number of nitrogens with zero attached hydrogens (tertiary/aromatic N) is 2. The van der Waals surface area contributed by atoms with E-state index in [4.69, 9.17) is 4.74 Å². The molecule has 4 nitrogen and oxygen atoms in total. The smallest absolute Gasteiger partial charge is 0.387 e. The zero-order valence-corrected chi connectivity index (χ0v) is 16.7. The van der Waals surface area contributed by atoms with Crippen LogP contribution in [0.15, 0.2) is 48.5 Å². The lowest BCUT2D eigenvalue weighted by Crippen LogP contribution is -2.34. The van der Waals surface area contributed by atoms with Gasteiger partial charge < -0.3 is 9.64 Å². The molecule has 4 rings (SSSR count). The van der Waals surface area contributed by atoms with Gasteiger partial charge in [0, 0.05) is 44.6 Å². The summed E-state index contributed by atoms with van der Waals surface area (Å²) in [5.41, 5.74) is 3.17. The molecule has 0 bridgehead atoms. The maximum absolute atomic E-state index is 12.7. The van der Waals surface area contributed by atoms with E-state index in [0.717, 1.165) is 25.2 Å². The Labute approximate surface area is 170 Å². The van der Waals surface area contributed by atoms with Crippen molar-refractivity contribution >= 4 is 5.91 Å². The average Bonchev–Trinajstić information content (AvgIpc) is 3.21. The van der Waals surface area contributed by atoms with Gasteiger partial charge in [0.1, 0.15) is 5.75 Å². The highest BCUT2D eigenvalue weighted by Crippen LogP contribution is 2.46. The molecule has 0 aliphatic carbocycles. The summed E-state index contributed by atoms with van der Waals surface area (Å²) in [6.07, 6.45) is 0. The Bertz CT molecular complexity index is 889. The molecule has 154 valence electrons. The predicted molar refractivity (Wildman–Crippen MR) is 107 cm³/mol. The van der Waals surface area contributed by atoms with E-state index in [1.807, 2.05) is 29.2 Å². The molecule has 0 saturated carbocycles. The molecule has 3 atom stereocenters. The summed E-state index contributed by atoms with van der Waals surface area (Å²) in [7, 11) is 0. The number of hydrogen-bond donors (Lipinski definition) is 0. The van der Waals surface area contributed by atoms with Crippen LogP contribution in [0.25, 0.3) is 0 Å². The van der Waals surface area contributed by atoms with Crippen LogP contribution in [0.3, 0.4) is 0 Å². The van der Waals surface area contributed by atoms with Gasteiger partial charge in [0.2, 0.25) is 5.91 Å². The van der Waals surface area contributed by atoms with Crippen LogP contribution < -0.4 is 4.74 Å². The lowest BCUT2D eigenvalue weighted by Gasteiger charge is -2.30. The van der Waals surface area contributed by atoms with Crippen LogP contribution in [0.4, 0.5) is 8.78 Å². The fourth-order valence-corrected chi connectivity index (χ4v) is 4.99. The van der Waals surface area contributed by atoms with Gasteiger partial charge in [-0.15, -0.1) is 0 Å². The van der Waals surface area contributed by atoms with Gasteiger partial charge in [-0.25, -0.2) is 0 Å². The van der Waals surface area contributed by atoms with Crippen LogP contribution in [0.1, 0.15) is 29.7 Å². The number of halogens is 2. The first kappa shape index (κ1) is 19.8. The lowest BCUT2D eigenvalue weighted by molar-refractivity contribution is -0.130. The van der Waals surface area contributed by atoms with Gasteiger partial charge >= 0.3 is 6.61 Å². The van der Waals surface area contributed by atoms with Gasteiger partial charge in [-0.1, -0.05) is 42.5 Å². The van der Waals surface area contributed by atoms with Gasteiger partial charge in [-0.3, -0.25) is 9.69 Å². The topological polar surface area (TPSA) is 32.8 Å². The normalized spacial score (nSPS) is 24.2. The molecule has 2 aromatic rings. The molecule has 0 aromatic heterocycles. The van der Waals surface area contributed by atoms with Crippen LogP contribution in [-0.4, -0.2) is 42.0 Å². The summed E-state index contributed by atoms with van der Waals surface area (Å²) in [5, 5.41) is 0. The van der Waals surface area contributed by atoms with E-state index in [-0.39, 0.29) is 17.7 Å². The van der Waals surface area contributed by atoms with Crippen molar-refractivity contribution in [1.29, 1.82) is 0 Å². The zero-order chi connectivity index (χ0) is 20.5. The molecule has 0 unspecified atom stereocenters. The molecule has 2 aliphatic rings. The first-order valence-corrected chi connectivity index (χ1v) is 10.0. The molecule has 2 aliphatic heterocycles. The predicted octanol–water partition coefficient (Wildman–Crippen LogP) is 4.25. The number of carbonyl (C=O) groups is 1. The van der Waals surface area contributed by atoms with Gasteiger partial charge in [-0.05, 0) is 30.0 Å². The molecule has 2 aromatic carbocycles. The van der Waals surface area contributed by atoms with Crippen LogP contribution >= 0.6 is 0 Å². The molecule has 1 amide bonds. The second-order valence-electron chi connectivity index (χ2n) is 8.08. The molecule has 0 spiro atoms. The van der Waals surface area contributed by atoms with Crippen LogP contribution in [0, 0.1) is 18.8 Å². The number of fused-ring (bicyclic) bond motifs is 1. The van der Waals surface area contributed by atoms with E-state index in [1.54, 1.807) is 19.1 Å². The molecule has 6 heteroatoms. The Balaban J connectivity index is 1.55. The van der Waals surface area contributed by atoms with E-state index >= 15 is 0 Å². The SMILES string of the molecule is CC(=O)N1C[C@H]2CN(Cc3ccccc3OC(F)F)C[C@H]2[C@H]1c1ccccc1C. The third-order valence-corrected chi connectivity index (χ3v) is 6.23. The first-order valence-electron chi connectivity index (χ1n) is 10.0. The average molecular weight is 400 g/mol. The molecular weight excluding hydrogens is 374 g/mol. The van der Waals surface area contributed by atoms with E-state index in [0.29, 0.717) is 18.4 Å². The maximum Gasteiger partial charge on any atom is 0.387 e. The summed E-state index contributed by atoms with van der Waals surface area (Å²) >= 11 is 0. The summed E-state index contributed by atoms with van der Waals surface area (Å²) in [6, 6.07) is 15.3. The Morgan fingerprint density at radius 2 is 1.83 bits per heavy atom. The van der Waals surface area contributed by atoms with Crippen molar-refractivity contribution in [1.82, 2.24) is 9.80 Å². The van der Waals surface area contributed by atoms with Crippen molar-refractivity contribution in [3.8, 4) is 5.75 Å². The number of para-hydroxylation sites is 1. The fraction of sp³-hybridized carbons (Fsp3) is 0.435. The molecule has 29 heavy (non-hydrogen) atoms. The second kappa shape index (κ2) is 8.11. The molecular formula is C23H26F2N2O2. The quantitative estimate of drug-likeness (QED) is 0.752. The molecule has 2 saturated heterocycles. The van der Waals surface area contributed by atoms with Gasteiger partial charge in [0.05, 0.1) is 6.04 Å². The van der Waals surface area contributed by atoms with E-state index in [9.17, 15) is 13.6 Å². The summed E-state index contributed by atoms with van der Waals surface area (Å²) in [5.74, 6) is 1.06. The molecule has 2 heterocycles. The van der Waals surface area contributed by atoms with E-state index in [1.165, 1.54) is 11.1 Å². The number of rotatable bonds is 5. The number of aryl methyl sites for hydroxylation is 1. The van der Waals surface area contributed by atoms with Crippen LogP contribution in [0.2, 0.25) is 0 Å². The summed E-state index contributed by atoms with van der Waals surface area (Å²) in [4.78, 5) is 16.6. The van der Waals surface area contributed by atoms with Gasteiger partial charge in [0.15, 0.2) is 0 Å². The van der Waals surface area contributed by atoms with E-state index in [2.05, 4.69) is 24.0 Å². The maximum atomic E-state index is 12.7. The Morgan fingerprint density at radius 1 is 1.10 bits per heavy atom. The van der Waals surface area contributed by atoms with Crippen molar-refractivity contribution in [3.05, 3.63) is 65.2 Å². The minimum Gasteiger partial charge on any atom is -0.434 e. The Kier molecular flexibility index (Phi) is 5.54. The number of likely N-dealkylation sites (tertiary alicyclic amines) is 2. The van der Waals surface area contributed by atoms with Crippen molar-refractivity contribution in [2.45, 2.75) is 33.0 Å². The van der Waals surface area contributed by atoms with Crippen LogP contribution in [0.5, 0.6) is 5.75 Å². The number of ether oxygens (including phenoxy) is 1. The van der Waals surface area contributed by atoms with Crippen LogP contribution in [-0.2, 0) is 11.3 Å².